The third kappa shape index (κ3) is 3.57. The summed E-state index contributed by atoms with van der Waals surface area (Å²) in [7, 11) is -3.86. The molecule has 2 aliphatic heterocycles. The second-order valence-corrected chi connectivity index (χ2v) is 10.3. The highest BCUT2D eigenvalue weighted by Crippen LogP contribution is 2.46. The number of nitrogens with zero attached hydrogens (tertiary/aromatic N) is 1. The monoisotopic (exact) mass is 442 g/mol. The number of benzene rings is 2. The standard InChI is InChI=1S/C23H26N2O5S/c1-15(16-5-3-2-4-6-16)24-23(26)22-17-7-8-18(13-17)25(22)31(27,28)19-9-10-20-21(14-19)30-12-11-29-20/h2-6,9-10,14-15,17-18,22H,7-8,11-13H2,1H3,(H,24,26). The SMILES string of the molecule is CC(NC(=O)C1C2CCC(C2)N1S(=O)(=O)c1ccc2c(c1)OCCO2)c1ccccc1. The molecule has 0 radical (unpaired) electrons. The summed E-state index contributed by atoms with van der Waals surface area (Å²) in [4.78, 5) is 13.4. The van der Waals surface area contributed by atoms with Crippen molar-refractivity contribution >= 4 is 15.9 Å². The van der Waals surface area contributed by atoms with Gasteiger partial charge in [-0.15, -0.1) is 0 Å². The van der Waals surface area contributed by atoms with E-state index >= 15 is 0 Å². The van der Waals surface area contributed by atoms with Gasteiger partial charge in [-0.2, -0.15) is 4.31 Å². The summed E-state index contributed by atoms with van der Waals surface area (Å²) in [6.07, 6.45) is 2.38. The fourth-order valence-electron chi connectivity index (χ4n) is 5.05. The van der Waals surface area contributed by atoms with Gasteiger partial charge in [0.15, 0.2) is 11.5 Å². The number of ether oxygens (including phenoxy) is 2. The van der Waals surface area contributed by atoms with Gasteiger partial charge in [0.2, 0.25) is 15.9 Å². The fraction of sp³-hybridized carbons (Fsp3) is 0.435. The van der Waals surface area contributed by atoms with Gasteiger partial charge in [0.1, 0.15) is 19.3 Å². The Morgan fingerprint density at radius 3 is 2.58 bits per heavy atom. The number of sulfonamides is 1. The van der Waals surface area contributed by atoms with Crippen LogP contribution in [-0.2, 0) is 14.8 Å². The van der Waals surface area contributed by atoms with Crippen LogP contribution >= 0.6 is 0 Å². The number of rotatable bonds is 5. The molecule has 4 unspecified atom stereocenters. The van der Waals surface area contributed by atoms with Crippen LogP contribution in [0.3, 0.4) is 0 Å². The molecule has 4 atom stereocenters. The molecule has 1 N–H and O–H groups in total. The summed E-state index contributed by atoms with van der Waals surface area (Å²) < 4.78 is 39.8. The highest BCUT2D eigenvalue weighted by atomic mass is 32.2. The van der Waals surface area contributed by atoms with Crippen LogP contribution in [0.2, 0.25) is 0 Å². The Balaban J connectivity index is 1.42. The van der Waals surface area contributed by atoms with E-state index in [2.05, 4.69) is 5.32 Å². The minimum Gasteiger partial charge on any atom is -0.486 e. The molecule has 31 heavy (non-hydrogen) atoms. The number of nitrogens with one attached hydrogen (secondary N) is 1. The summed E-state index contributed by atoms with van der Waals surface area (Å²) in [5.74, 6) is 0.777. The minimum atomic E-state index is -3.86. The van der Waals surface area contributed by atoms with Crippen LogP contribution in [0, 0.1) is 5.92 Å². The maximum atomic E-state index is 13.6. The quantitative estimate of drug-likeness (QED) is 0.770. The van der Waals surface area contributed by atoms with Crippen molar-refractivity contribution in [2.75, 3.05) is 13.2 Å². The van der Waals surface area contributed by atoms with Crippen molar-refractivity contribution in [1.82, 2.24) is 9.62 Å². The van der Waals surface area contributed by atoms with Crippen LogP contribution in [0.15, 0.2) is 53.4 Å². The normalized spacial score (nSPS) is 25.9. The first-order chi connectivity index (χ1) is 14.9. The number of carbonyl (C=O) groups excluding carboxylic acids is 1. The molecule has 2 fully saturated rings. The van der Waals surface area contributed by atoms with E-state index in [4.69, 9.17) is 9.47 Å². The summed E-state index contributed by atoms with van der Waals surface area (Å²) in [6.45, 7) is 2.74. The Labute approximate surface area is 182 Å². The Morgan fingerprint density at radius 2 is 1.81 bits per heavy atom. The van der Waals surface area contributed by atoms with Gasteiger partial charge in [-0.3, -0.25) is 4.79 Å². The molecule has 0 spiro atoms. The smallest absolute Gasteiger partial charge is 0.244 e. The van der Waals surface area contributed by atoms with Crippen molar-refractivity contribution < 1.29 is 22.7 Å². The maximum Gasteiger partial charge on any atom is 0.244 e. The summed E-state index contributed by atoms with van der Waals surface area (Å²) >= 11 is 0. The lowest BCUT2D eigenvalue weighted by atomic mass is 9.98. The van der Waals surface area contributed by atoms with Gasteiger partial charge in [0.25, 0.3) is 0 Å². The molecule has 7 nitrogen and oxygen atoms in total. The lowest BCUT2D eigenvalue weighted by molar-refractivity contribution is -0.126. The zero-order valence-corrected chi connectivity index (χ0v) is 18.2. The van der Waals surface area contributed by atoms with Gasteiger partial charge in [-0.05, 0) is 49.8 Å². The lowest BCUT2D eigenvalue weighted by Crippen LogP contribution is -2.52. The Bertz CT molecular complexity index is 1090. The second-order valence-electron chi connectivity index (χ2n) is 8.45. The number of hydrogen-bond donors (Lipinski definition) is 1. The number of amides is 1. The molecule has 1 aliphatic carbocycles. The topological polar surface area (TPSA) is 84.9 Å². The molecule has 8 heteroatoms. The van der Waals surface area contributed by atoms with Gasteiger partial charge in [0, 0.05) is 12.1 Å². The molecular weight excluding hydrogens is 416 g/mol. The summed E-state index contributed by atoms with van der Waals surface area (Å²) in [5, 5.41) is 3.04. The third-order valence-electron chi connectivity index (χ3n) is 6.54. The average Bonchev–Trinajstić information content (AvgIpc) is 3.41. The van der Waals surface area contributed by atoms with Crippen LogP contribution in [0.25, 0.3) is 0 Å². The third-order valence-corrected chi connectivity index (χ3v) is 8.47. The molecule has 5 rings (SSSR count). The number of carbonyl (C=O) groups is 1. The molecule has 2 heterocycles. The van der Waals surface area contributed by atoms with Crippen LogP contribution in [-0.4, -0.2) is 43.9 Å². The minimum absolute atomic E-state index is 0.0416. The first-order valence-corrected chi connectivity index (χ1v) is 12.2. The van der Waals surface area contributed by atoms with Crippen LogP contribution in [0.1, 0.15) is 37.8 Å². The van der Waals surface area contributed by atoms with E-state index in [9.17, 15) is 13.2 Å². The molecule has 0 aromatic heterocycles. The van der Waals surface area contributed by atoms with Crippen molar-refractivity contribution in [1.29, 1.82) is 0 Å². The molecular formula is C23H26N2O5S. The van der Waals surface area contributed by atoms with E-state index in [1.54, 1.807) is 6.07 Å². The molecule has 3 aliphatic rings. The number of piperidine rings is 1. The zero-order chi connectivity index (χ0) is 21.6. The van der Waals surface area contributed by atoms with Crippen LogP contribution in [0.5, 0.6) is 11.5 Å². The molecule has 2 aromatic carbocycles. The van der Waals surface area contributed by atoms with Crippen LogP contribution in [0.4, 0.5) is 0 Å². The molecule has 1 saturated heterocycles. The van der Waals surface area contributed by atoms with E-state index in [1.165, 1.54) is 16.4 Å². The first kappa shape index (κ1) is 20.3. The van der Waals surface area contributed by atoms with Crippen LogP contribution < -0.4 is 14.8 Å². The lowest BCUT2D eigenvalue weighted by Gasteiger charge is -2.34. The van der Waals surface area contributed by atoms with Crippen molar-refractivity contribution in [2.24, 2.45) is 5.92 Å². The highest BCUT2D eigenvalue weighted by molar-refractivity contribution is 7.89. The van der Waals surface area contributed by atoms with Crippen molar-refractivity contribution in [3.05, 3.63) is 54.1 Å². The Hall–Kier alpha value is -2.58. The Kier molecular flexibility index (Phi) is 5.14. The van der Waals surface area contributed by atoms with Gasteiger partial charge < -0.3 is 14.8 Å². The maximum absolute atomic E-state index is 13.6. The number of hydrogen-bond acceptors (Lipinski definition) is 5. The van der Waals surface area contributed by atoms with Gasteiger partial charge in [0.05, 0.1) is 10.9 Å². The van der Waals surface area contributed by atoms with E-state index in [0.29, 0.717) is 24.7 Å². The molecule has 164 valence electrons. The average molecular weight is 443 g/mol. The van der Waals surface area contributed by atoms with Gasteiger partial charge in [-0.1, -0.05) is 30.3 Å². The van der Waals surface area contributed by atoms with E-state index in [-0.39, 0.29) is 28.8 Å². The van der Waals surface area contributed by atoms with E-state index in [1.807, 2.05) is 37.3 Å². The van der Waals surface area contributed by atoms with Crippen molar-refractivity contribution in [3.8, 4) is 11.5 Å². The summed E-state index contributed by atoms with van der Waals surface area (Å²) in [6, 6.07) is 13.3. The number of fused-ring (bicyclic) bond motifs is 3. The Morgan fingerprint density at radius 1 is 1.06 bits per heavy atom. The predicted molar refractivity (Wildman–Crippen MR) is 114 cm³/mol. The second kappa shape index (κ2) is 7.84. The molecule has 1 saturated carbocycles. The molecule has 2 aromatic rings. The molecule has 2 bridgehead atoms. The largest absolute Gasteiger partial charge is 0.486 e. The fourth-order valence-corrected chi connectivity index (χ4v) is 6.94. The van der Waals surface area contributed by atoms with Gasteiger partial charge in [-0.25, -0.2) is 8.42 Å². The molecule has 1 amide bonds. The van der Waals surface area contributed by atoms with E-state index < -0.39 is 16.1 Å². The predicted octanol–water partition coefficient (Wildman–Crippen LogP) is 2.88. The first-order valence-electron chi connectivity index (χ1n) is 10.7. The summed E-state index contributed by atoms with van der Waals surface area (Å²) in [5.41, 5.74) is 0.986. The van der Waals surface area contributed by atoms with Crippen molar-refractivity contribution in [3.63, 3.8) is 0 Å². The van der Waals surface area contributed by atoms with Crippen molar-refractivity contribution in [2.45, 2.75) is 49.2 Å². The van der Waals surface area contributed by atoms with Gasteiger partial charge >= 0.3 is 0 Å². The highest BCUT2D eigenvalue weighted by Gasteiger charge is 2.54. The zero-order valence-electron chi connectivity index (χ0n) is 17.4. The van der Waals surface area contributed by atoms with E-state index in [0.717, 1.165) is 24.8 Å².